The van der Waals surface area contributed by atoms with Gasteiger partial charge in [-0.25, -0.2) is 0 Å². The molecule has 1 saturated heterocycles. The van der Waals surface area contributed by atoms with Crippen molar-refractivity contribution in [3.63, 3.8) is 0 Å². The molecule has 21 heavy (non-hydrogen) atoms. The van der Waals surface area contributed by atoms with Gasteiger partial charge in [-0.15, -0.1) is 0 Å². The maximum absolute atomic E-state index is 10.7. The molecule has 7 nitrogen and oxygen atoms in total. The third-order valence-electron chi connectivity index (χ3n) is 3.85. The molecule has 1 aromatic carbocycles. The Labute approximate surface area is 122 Å². The van der Waals surface area contributed by atoms with E-state index in [-0.39, 0.29) is 5.69 Å². The molecule has 0 spiro atoms. The molecule has 112 valence electrons. The molecule has 1 N–H and O–H groups in total. The summed E-state index contributed by atoms with van der Waals surface area (Å²) >= 11 is 0. The summed E-state index contributed by atoms with van der Waals surface area (Å²) in [4.78, 5) is 16.9. The lowest BCUT2D eigenvalue weighted by molar-refractivity contribution is -0.384. The van der Waals surface area contributed by atoms with Gasteiger partial charge in [0.1, 0.15) is 5.52 Å². The number of nitrogens with zero attached hydrogens (tertiary/aromatic N) is 3. The zero-order valence-corrected chi connectivity index (χ0v) is 11.9. The van der Waals surface area contributed by atoms with E-state index in [1.54, 1.807) is 6.07 Å². The van der Waals surface area contributed by atoms with Gasteiger partial charge in [-0.1, -0.05) is 0 Å². The van der Waals surface area contributed by atoms with Crippen LogP contribution in [0.15, 0.2) is 22.6 Å². The summed E-state index contributed by atoms with van der Waals surface area (Å²) in [6.07, 6.45) is 2.41. The highest BCUT2D eigenvalue weighted by Crippen LogP contribution is 2.24. The maximum Gasteiger partial charge on any atom is 0.295 e. The lowest BCUT2D eigenvalue weighted by Crippen LogP contribution is -2.35. The summed E-state index contributed by atoms with van der Waals surface area (Å²) in [6, 6.07) is 4.88. The predicted molar refractivity (Wildman–Crippen MR) is 79.4 cm³/mol. The smallest absolute Gasteiger partial charge is 0.295 e. The molecule has 0 amide bonds. The van der Waals surface area contributed by atoms with E-state index in [1.165, 1.54) is 25.0 Å². The zero-order chi connectivity index (χ0) is 14.8. The average molecular weight is 290 g/mol. The van der Waals surface area contributed by atoms with Crippen molar-refractivity contribution >= 4 is 22.8 Å². The van der Waals surface area contributed by atoms with Crippen molar-refractivity contribution < 1.29 is 9.34 Å². The number of non-ortho nitro benzene ring substituents is 1. The van der Waals surface area contributed by atoms with Crippen molar-refractivity contribution in [2.45, 2.75) is 12.8 Å². The van der Waals surface area contributed by atoms with E-state index in [1.807, 2.05) is 0 Å². The third kappa shape index (κ3) is 3.13. The second-order valence-electron chi connectivity index (χ2n) is 5.58. The molecule has 1 aromatic heterocycles. The highest BCUT2D eigenvalue weighted by Gasteiger charge is 2.18. The number of piperidine rings is 1. The Balaban J connectivity index is 1.68. The van der Waals surface area contributed by atoms with E-state index in [0.29, 0.717) is 23.0 Å². The van der Waals surface area contributed by atoms with Gasteiger partial charge in [0.15, 0.2) is 5.58 Å². The molecule has 3 rings (SSSR count). The minimum atomic E-state index is -0.438. The van der Waals surface area contributed by atoms with Gasteiger partial charge in [0, 0.05) is 19.2 Å². The summed E-state index contributed by atoms with van der Waals surface area (Å²) in [5.41, 5.74) is 1.08. The number of likely N-dealkylation sites (tertiary alicyclic amines) is 1. The standard InChI is InChI=1S/C14H18N4O3/c1-17-6-2-3-10(9-17)8-15-14-16-12-5-4-11(18(19)20)7-13(12)21-14/h4-5,7,10H,2-3,6,8-9H2,1H3,(H,15,16). The lowest BCUT2D eigenvalue weighted by Gasteiger charge is -2.29. The number of hydrogen-bond acceptors (Lipinski definition) is 6. The molecular weight excluding hydrogens is 272 g/mol. The highest BCUT2D eigenvalue weighted by molar-refractivity contribution is 5.77. The van der Waals surface area contributed by atoms with Crippen molar-refractivity contribution in [2.75, 3.05) is 32.0 Å². The molecule has 7 heteroatoms. The first-order valence-electron chi connectivity index (χ1n) is 7.09. The molecule has 2 heterocycles. The van der Waals surface area contributed by atoms with E-state index in [0.717, 1.165) is 19.6 Å². The SMILES string of the molecule is CN1CCCC(CNc2nc3ccc([N+](=O)[O-])cc3o2)C1. The van der Waals surface area contributed by atoms with Crippen LogP contribution in [0.1, 0.15) is 12.8 Å². The van der Waals surface area contributed by atoms with E-state index < -0.39 is 4.92 Å². The monoisotopic (exact) mass is 290 g/mol. The molecule has 1 atom stereocenters. The Morgan fingerprint density at radius 3 is 3.19 bits per heavy atom. The van der Waals surface area contributed by atoms with Gasteiger partial charge in [-0.3, -0.25) is 10.1 Å². The highest BCUT2D eigenvalue weighted by atomic mass is 16.6. The second kappa shape index (κ2) is 5.69. The van der Waals surface area contributed by atoms with Crippen LogP contribution >= 0.6 is 0 Å². The van der Waals surface area contributed by atoms with Gasteiger partial charge in [-0.05, 0) is 38.4 Å². The van der Waals surface area contributed by atoms with Gasteiger partial charge < -0.3 is 14.6 Å². The Hall–Kier alpha value is -2.15. The van der Waals surface area contributed by atoms with Gasteiger partial charge in [0.05, 0.1) is 11.0 Å². The first-order chi connectivity index (χ1) is 10.1. The fourth-order valence-electron chi connectivity index (χ4n) is 2.77. The Morgan fingerprint density at radius 1 is 1.57 bits per heavy atom. The summed E-state index contributed by atoms with van der Waals surface area (Å²) in [5, 5.41) is 13.9. The topological polar surface area (TPSA) is 84.4 Å². The van der Waals surface area contributed by atoms with Gasteiger partial charge >= 0.3 is 0 Å². The number of fused-ring (bicyclic) bond motifs is 1. The van der Waals surface area contributed by atoms with Crippen molar-refractivity contribution in [3.05, 3.63) is 28.3 Å². The van der Waals surface area contributed by atoms with Crippen LogP contribution < -0.4 is 5.32 Å². The van der Waals surface area contributed by atoms with Gasteiger partial charge in [-0.2, -0.15) is 4.98 Å². The Morgan fingerprint density at radius 2 is 2.43 bits per heavy atom. The quantitative estimate of drug-likeness (QED) is 0.688. The van der Waals surface area contributed by atoms with Crippen molar-refractivity contribution in [3.8, 4) is 0 Å². The fraction of sp³-hybridized carbons (Fsp3) is 0.500. The molecule has 2 aromatic rings. The Kier molecular flexibility index (Phi) is 3.74. The number of anilines is 1. The maximum atomic E-state index is 10.7. The van der Waals surface area contributed by atoms with Gasteiger partial charge in [0.25, 0.3) is 11.7 Å². The number of rotatable bonds is 4. The number of nitro groups is 1. The van der Waals surface area contributed by atoms with E-state index in [9.17, 15) is 10.1 Å². The number of aromatic nitrogens is 1. The molecule has 0 radical (unpaired) electrons. The second-order valence-corrected chi connectivity index (χ2v) is 5.58. The normalized spacial score (nSPS) is 19.8. The number of nitro benzene ring substituents is 1. The molecule has 0 bridgehead atoms. The summed E-state index contributed by atoms with van der Waals surface area (Å²) in [5.74, 6) is 0.577. The van der Waals surface area contributed by atoms with Crippen LogP contribution in [0.25, 0.3) is 11.1 Å². The molecular formula is C14H18N4O3. The third-order valence-corrected chi connectivity index (χ3v) is 3.85. The molecule has 0 aliphatic carbocycles. The van der Waals surface area contributed by atoms with E-state index in [2.05, 4.69) is 22.2 Å². The van der Waals surface area contributed by atoms with Crippen LogP contribution in [0.4, 0.5) is 11.7 Å². The average Bonchev–Trinajstić information content (AvgIpc) is 2.87. The van der Waals surface area contributed by atoms with Crippen LogP contribution in [-0.2, 0) is 0 Å². The minimum absolute atomic E-state index is 0.0131. The lowest BCUT2D eigenvalue weighted by atomic mass is 9.99. The van der Waals surface area contributed by atoms with Crippen LogP contribution in [0.5, 0.6) is 0 Å². The van der Waals surface area contributed by atoms with Crippen LogP contribution in [0.2, 0.25) is 0 Å². The van der Waals surface area contributed by atoms with Crippen molar-refractivity contribution in [2.24, 2.45) is 5.92 Å². The minimum Gasteiger partial charge on any atom is -0.423 e. The first kappa shape index (κ1) is 13.8. The molecule has 0 saturated carbocycles. The number of hydrogen-bond donors (Lipinski definition) is 1. The summed E-state index contributed by atoms with van der Waals surface area (Å²) < 4.78 is 5.54. The molecule has 1 fully saturated rings. The summed E-state index contributed by atoms with van der Waals surface area (Å²) in [7, 11) is 2.13. The van der Waals surface area contributed by atoms with Crippen LogP contribution in [0.3, 0.4) is 0 Å². The van der Waals surface area contributed by atoms with Crippen LogP contribution in [-0.4, -0.2) is 41.5 Å². The Bertz CT molecular complexity index is 655. The summed E-state index contributed by atoms with van der Waals surface area (Å²) in [6.45, 7) is 3.03. The molecule has 1 aliphatic heterocycles. The first-order valence-corrected chi connectivity index (χ1v) is 7.09. The van der Waals surface area contributed by atoms with Crippen molar-refractivity contribution in [1.29, 1.82) is 0 Å². The number of benzene rings is 1. The van der Waals surface area contributed by atoms with E-state index >= 15 is 0 Å². The zero-order valence-electron chi connectivity index (χ0n) is 11.9. The fourth-order valence-corrected chi connectivity index (χ4v) is 2.77. The number of oxazole rings is 1. The van der Waals surface area contributed by atoms with Crippen LogP contribution in [0, 0.1) is 16.0 Å². The van der Waals surface area contributed by atoms with E-state index in [4.69, 9.17) is 4.42 Å². The largest absolute Gasteiger partial charge is 0.423 e. The predicted octanol–water partition coefficient (Wildman–Crippen LogP) is 2.49. The van der Waals surface area contributed by atoms with Gasteiger partial charge in [0.2, 0.25) is 0 Å². The molecule has 1 aliphatic rings. The van der Waals surface area contributed by atoms with Crippen molar-refractivity contribution in [1.82, 2.24) is 9.88 Å². The molecule has 1 unspecified atom stereocenters. The number of nitrogens with one attached hydrogen (secondary N) is 1.